The SMILES string of the molecule is Cc1ccc2c(c1)CC1(CN2C)C(=O)NC(=O)N(CCc2ccc(F)cc2)C1=O. The van der Waals surface area contributed by atoms with Crippen molar-refractivity contribution in [1.29, 1.82) is 0 Å². The molecule has 6 nitrogen and oxygen atoms in total. The highest BCUT2D eigenvalue weighted by Gasteiger charge is 2.56. The topological polar surface area (TPSA) is 69.7 Å². The van der Waals surface area contributed by atoms with Crippen LogP contribution in [0.1, 0.15) is 16.7 Å². The van der Waals surface area contributed by atoms with Crippen molar-refractivity contribution in [3.8, 4) is 0 Å². The minimum atomic E-state index is -1.34. The van der Waals surface area contributed by atoms with Gasteiger partial charge in [-0.05, 0) is 49.1 Å². The fourth-order valence-corrected chi connectivity index (χ4v) is 4.22. The van der Waals surface area contributed by atoms with Crippen molar-refractivity contribution in [2.45, 2.75) is 19.8 Å². The van der Waals surface area contributed by atoms with E-state index in [1.165, 1.54) is 12.1 Å². The first-order valence-corrected chi connectivity index (χ1v) is 9.53. The van der Waals surface area contributed by atoms with Gasteiger partial charge in [-0.1, -0.05) is 29.8 Å². The fraction of sp³-hybridized carbons (Fsp3) is 0.318. The van der Waals surface area contributed by atoms with Crippen molar-refractivity contribution < 1.29 is 18.8 Å². The maximum Gasteiger partial charge on any atom is 0.330 e. The van der Waals surface area contributed by atoms with Gasteiger partial charge in [0.1, 0.15) is 11.2 Å². The quantitative estimate of drug-likeness (QED) is 0.811. The molecule has 2 aliphatic heterocycles. The van der Waals surface area contributed by atoms with Crippen LogP contribution in [0.25, 0.3) is 0 Å². The van der Waals surface area contributed by atoms with E-state index in [-0.39, 0.29) is 25.3 Å². The van der Waals surface area contributed by atoms with E-state index in [1.807, 2.05) is 37.1 Å². The average Bonchev–Trinajstić information content (AvgIpc) is 2.67. The number of benzene rings is 2. The van der Waals surface area contributed by atoms with E-state index in [2.05, 4.69) is 5.32 Å². The Hall–Kier alpha value is -3.22. The molecule has 1 saturated heterocycles. The van der Waals surface area contributed by atoms with Crippen LogP contribution >= 0.6 is 0 Å². The normalized spacial score (nSPS) is 21.4. The Kier molecular flexibility index (Phi) is 4.61. The Labute approximate surface area is 168 Å². The van der Waals surface area contributed by atoms with Crippen LogP contribution in [-0.4, -0.2) is 42.9 Å². The Morgan fingerprint density at radius 3 is 2.55 bits per heavy atom. The third kappa shape index (κ3) is 3.26. The van der Waals surface area contributed by atoms with Crippen LogP contribution in [-0.2, 0) is 22.4 Å². The Morgan fingerprint density at radius 2 is 1.83 bits per heavy atom. The van der Waals surface area contributed by atoms with Crippen LogP contribution in [0.15, 0.2) is 42.5 Å². The van der Waals surface area contributed by atoms with E-state index in [4.69, 9.17) is 0 Å². The van der Waals surface area contributed by atoms with E-state index in [9.17, 15) is 18.8 Å². The number of anilines is 1. The molecule has 7 heteroatoms. The maximum atomic E-state index is 13.4. The molecular formula is C22H22FN3O3. The molecule has 1 unspecified atom stereocenters. The minimum absolute atomic E-state index is 0.121. The van der Waals surface area contributed by atoms with E-state index in [1.54, 1.807) is 12.1 Å². The Morgan fingerprint density at radius 1 is 1.10 bits per heavy atom. The Balaban J connectivity index is 1.62. The third-order valence-corrected chi connectivity index (χ3v) is 5.74. The first-order valence-electron chi connectivity index (χ1n) is 9.53. The zero-order chi connectivity index (χ0) is 20.8. The molecular weight excluding hydrogens is 373 g/mol. The number of hydrogen-bond acceptors (Lipinski definition) is 4. The molecule has 0 aromatic heterocycles. The van der Waals surface area contributed by atoms with E-state index in [0.29, 0.717) is 6.42 Å². The molecule has 2 aromatic carbocycles. The summed E-state index contributed by atoms with van der Waals surface area (Å²) in [5, 5.41) is 2.37. The lowest BCUT2D eigenvalue weighted by Gasteiger charge is -2.45. The zero-order valence-corrected chi connectivity index (χ0v) is 16.4. The summed E-state index contributed by atoms with van der Waals surface area (Å²) in [5.74, 6) is -1.37. The molecule has 2 aromatic rings. The lowest BCUT2D eigenvalue weighted by molar-refractivity contribution is -0.151. The van der Waals surface area contributed by atoms with Crippen LogP contribution < -0.4 is 10.2 Å². The first kappa shape index (κ1) is 19.1. The third-order valence-electron chi connectivity index (χ3n) is 5.74. The number of carbonyl (C=O) groups is 3. The summed E-state index contributed by atoms with van der Waals surface area (Å²) in [6.07, 6.45) is 0.634. The second kappa shape index (κ2) is 6.99. The molecule has 1 spiro atoms. The molecule has 29 heavy (non-hydrogen) atoms. The molecule has 150 valence electrons. The van der Waals surface area contributed by atoms with Crippen molar-refractivity contribution in [3.05, 3.63) is 65.0 Å². The summed E-state index contributed by atoms with van der Waals surface area (Å²) in [5.41, 5.74) is 2.40. The summed E-state index contributed by atoms with van der Waals surface area (Å²) in [6.45, 7) is 2.28. The van der Waals surface area contributed by atoms with Crippen LogP contribution in [0.4, 0.5) is 14.9 Å². The second-order valence-corrected chi connectivity index (χ2v) is 7.84. The van der Waals surface area contributed by atoms with Crippen molar-refractivity contribution in [2.75, 3.05) is 25.0 Å². The van der Waals surface area contributed by atoms with Crippen LogP contribution in [0.3, 0.4) is 0 Å². The van der Waals surface area contributed by atoms with Gasteiger partial charge in [-0.2, -0.15) is 0 Å². The molecule has 1 N–H and O–H groups in total. The number of urea groups is 1. The van der Waals surface area contributed by atoms with E-state index >= 15 is 0 Å². The number of hydrogen-bond donors (Lipinski definition) is 1. The maximum absolute atomic E-state index is 13.4. The molecule has 2 heterocycles. The molecule has 1 atom stereocenters. The average molecular weight is 395 g/mol. The van der Waals surface area contributed by atoms with E-state index < -0.39 is 23.3 Å². The van der Waals surface area contributed by atoms with Crippen LogP contribution in [0.2, 0.25) is 0 Å². The number of nitrogens with zero attached hydrogens (tertiary/aromatic N) is 2. The number of rotatable bonds is 3. The predicted octanol–water partition coefficient (Wildman–Crippen LogP) is 2.43. The predicted molar refractivity (Wildman–Crippen MR) is 106 cm³/mol. The lowest BCUT2D eigenvalue weighted by atomic mass is 9.74. The minimum Gasteiger partial charge on any atom is -0.373 e. The summed E-state index contributed by atoms with van der Waals surface area (Å²) in [7, 11) is 1.84. The van der Waals surface area contributed by atoms with Crippen molar-refractivity contribution >= 4 is 23.5 Å². The largest absolute Gasteiger partial charge is 0.373 e. The highest BCUT2D eigenvalue weighted by atomic mass is 19.1. The molecule has 4 amide bonds. The number of amides is 4. The summed E-state index contributed by atoms with van der Waals surface area (Å²) < 4.78 is 13.1. The van der Waals surface area contributed by atoms with Gasteiger partial charge in [0.2, 0.25) is 11.8 Å². The van der Waals surface area contributed by atoms with Gasteiger partial charge in [0.15, 0.2) is 0 Å². The van der Waals surface area contributed by atoms with Crippen molar-refractivity contribution in [3.63, 3.8) is 0 Å². The smallest absolute Gasteiger partial charge is 0.330 e. The first-order chi connectivity index (χ1) is 13.8. The number of aryl methyl sites for hydroxylation is 1. The highest BCUT2D eigenvalue weighted by Crippen LogP contribution is 2.39. The van der Waals surface area contributed by atoms with Gasteiger partial charge < -0.3 is 4.90 Å². The summed E-state index contributed by atoms with van der Waals surface area (Å²) in [4.78, 5) is 41.6. The van der Waals surface area contributed by atoms with Gasteiger partial charge in [-0.15, -0.1) is 0 Å². The number of nitrogens with one attached hydrogen (secondary N) is 1. The van der Waals surface area contributed by atoms with Gasteiger partial charge in [-0.25, -0.2) is 9.18 Å². The fourth-order valence-electron chi connectivity index (χ4n) is 4.22. The lowest BCUT2D eigenvalue weighted by Crippen LogP contribution is -2.68. The van der Waals surface area contributed by atoms with Gasteiger partial charge in [0.05, 0.1) is 0 Å². The Bertz CT molecular complexity index is 1000. The molecule has 0 radical (unpaired) electrons. The van der Waals surface area contributed by atoms with Crippen molar-refractivity contribution in [1.82, 2.24) is 10.2 Å². The molecule has 0 aliphatic carbocycles. The summed E-state index contributed by atoms with van der Waals surface area (Å²) in [6, 6.07) is 11.2. The summed E-state index contributed by atoms with van der Waals surface area (Å²) >= 11 is 0. The van der Waals surface area contributed by atoms with E-state index in [0.717, 1.165) is 27.3 Å². The molecule has 1 fully saturated rings. The molecule has 0 bridgehead atoms. The zero-order valence-electron chi connectivity index (χ0n) is 16.4. The number of fused-ring (bicyclic) bond motifs is 1. The van der Waals surface area contributed by atoms with Gasteiger partial charge in [0.25, 0.3) is 0 Å². The monoisotopic (exact) mass is 395 g/mol. The van der Waals surface area contributed by atoms with Crippen molar-refractivity contribution in [2.24, 2.45) is 5.41 Å². The van der Waals surface area contributed by atoms with Crippen LogP contribution in [0.5, 0.6) is 0 Å². The second-order valence-electron chi connectivity index (χ2n) is 7.84. The molecule has 2 aliphatic rings. The highest BCUT2D eigenvalue weighted by molar-refractivity contribution is 6.20. The van der Waals surface area contributed by atoms with Gasteiger partial charge in [0, 0.05) is 25.8 Å². The number of imide groups is 2. The number of carbonyl (C=O) groups excluding carboxylic acids is 3. The number of barbiturate groups is 1. The standard InChI is InChI=1S/C22H22FN3O3/c1-14-3-8-18-16(11-14)12-22(13-25(18)2)19(27)24-21(29)26(20(22)28)10-9-15-4-6-17(23)7-5-15/h3-8,11H,9-10,12-13H2,1-2H3,(H,24,27,29). The van der Waals surface area contributed by atoms with Gasteiger partial charge in [-0.3, -0.25) is 19.8 Å². The number of halogens is 1. The molecule has 4 rings (SSSR count). The van der Waals surface area contributed by atoms with Crippen LogP contribution in [0, 0.1) is 18.2 Å². The van der Waals surface area contributed by atoms with Gasteiger partial charge >= 0.3 is 6.03 Å². The molecule has 0 saturated carbocycles.